The van der Waals surface area contributed by atoms with Crippen molar-refractivity contribution in [2.75, 3.05) is 6.61 Å². The smallest absolute Gasteiger partial charge is 0.272 e. The van der Waals surface area contributed by atoms with Gasteiger partial charge in [-0.3, -0.25) is 4.79 Å². The molecule has 1 heterocycles. The van der Waals surface area contributed by atoms with Crippen LogP contribution in [-0.2, 0) is 0 Å². The van der Waals surface area contributed by atoms with Gasteiger partial charge in [-0.1, -0.05) is 36.4 Å². The van der Waals surface area contributed by atoms with Crippen molar-refractivity contribution < 1.29 is 18.7 Å². The number of aliphatic hydroxyl groups is 1. The lowest BCUT2D eigenvalue weighted by Gasteiger charge is -2.15. The van der Waals surface area contributed by atoms with E-state index in [4.69, 9.17) is 0 Å². The van der Waals surface area contributed by atoms with E-state index in [2.05, 4.69) is 10.4 Å². The molecular weight excluding hydrogens is 328 g/mol. The first kappa shape index (κ1) is 16.8. The number of halogens is 2. The monoisotopic (exact) mass is 343 g/mol. The molecule has 0 radical (unpaired) electrons. The fraction of sp³-hybridized carbons (Fsp3) is 0.111. The van der Waals surface area contributed by atoms with Gasteiger partial charge >= 0.3 is 0 Å². The molecule has 128 valence electrons. The number of rotatable bonds is 5. The van der Waals surface area contributed by atoms with Crippen LogP contribution in [0.25, 0.3) is 5.69 Å². The quantitative estimate of drug-likeness (QED) is 0.748. The van der Waals surface area contributed by atoms with E-state index in [9.17, 15) is 18.7 Å². The van der Waals surface area contributed by atoms with Gasteiger partial charge in [-0.05, 0) is 23.8 Å². The highest BCUT2D eigenvalue weighted by atomic mass is 19.1. The fourth-order valence-corrected chi connectivity index (χ4v) is 2.43. The Balaban J connectivity index is 1.81. The molecule has 0 spiro atoms. The lowest BCUT2D eigenvalue weighted by Crippen LogP contribution is -2.31. The maximum Gasteiger partial charge on any atom is 0.272 e. The molecule has 1 aromatic heterocycles. The van der Waals surface area contributed by atoms with Crippen molar-refractivity contribution >= 4 is 5.91 Å². The minimum absolute atomic E-state index is 0.0166. The Morgan fingerprint density at radius 3 is 2.40 bits per heavy atom. The van der Waals surface area contributed by atoms with Gasteiger partial charge in [0.1, 0.15) is 5.69 Å². The van der Waals surface area contributed by atoms with Gasteiger partial charge < -0.3 is 10.4 Å². The van der Waals surface area contributed by atoms with E-state index in [-0.39, 0.29) is 18.0 Å². The second-order valence-corrected chi connectivity index (χ2v) is 5.34. The highest BCUT2D eigenvalue weighted by Crippen LogP contribution is 2.17. The average molecular weight is 343 g/mol. The molecule has 2 aromatic carbocycles. The highest BCUT2D eigenvalue weighted by molar-refractivity contribution is 5.92. The maximum atomic E-state index is 13.8. The zero-order chi connectivity index (χ0) is 17.8. The number of carbonyl (C=O) groups is 1. The van der Waals surface area contributed by atoms with Crippen molar-refractivity contribution in [3.05, 3.63) is 83.7 Å². The van der Waals surface area contributed by atoms with Gasteiger partial charge in [-0.25, -0.2) is 13.5 Å². The van der Waals surface area contributed by atoms with Gasteiger partial charge in [0, 0.05) is 6.20 Å². The molecule has 0 aliphatic carbocycles. The zero-order valence-corrected chi connectivity index (χ0v) is 13.1. The lowest BCUT2D eigenvalue weighted by molar-refractivity contribution is 0.0910. The van der Waals surface area contributed by atoms with Crippen LogP contribution in [0.4, 0.5) is 8.78 Å². The summed E-state index contributed by atoms with van der Waals surface area (Å²) >= 11 is 0. The molecule has 3 aromatic rings. The molecule has 0 saturated heterocycles. The molecule has 0 aliphatic heterocycles. The number of carbonyl (C=O) groups excluding carboxylic acids is 1. The van der Waals surface area contributed by atoms with E-state index in [1.807, 2.05) is 6.07 Å². The predicted octanol–water partition coefficient (Wildman–Crippen LogP) is 2.61. The zero-order valence-electron chi connectivity index (χ0n) is 13.1. The summed E-state index contributed by atoms with van der Waals surface area (Å²) in [5.74, 6) is -2.13. The number of benzene rings is 2. The van der Waals surface area contributed by atoms with Gasteiger partial charge in [0.05, 0.1) is 12.6 Å². The summed E-state index contributed by atoms with van der Waals surface area (Å²) in [6.45, 7) is -0.293. The number of nitrogens with zero attached hydrogens (tertiary/aromatic N) is 2. The third-order valence-corrected chi connectivity index (χ3v) is 3.68. The minimum atomic E-state index is -0.785. The van der Waals surface area contributed by atoms with E-state index >= 15 is 0 Å². The molecule has 7 heteroatoms. The molecule has 25 heavy (non-hydrogen) atoms. The summed E-state index contributed by atoms with van der Waals surface area (Å²) in [5.41, 5.74) is 0.360. The van der Waals surface area contributed by atoms with Gasteiger partial charge in [-0.15, -0.1) is 0 Å². The topological polar surface area (TPSA) is 67.2 Å². The van der Waals surface area contributed by atoms with Gasteiger partial charge in [-0.2, -0.15) is 5.10 Å². The number of amides is 1. The van der Waals surface area contributed by atoms with Crippen molar-refractivity contribution in [1.29, 1.82) is 0 Å². The van der Waals surface area contributed by atoms with E-state index < -0.39 is 23.6 Å². The van der Waals surface area contributed by atoms with Crippen LogP contribution in [0.15, 0.2) is 60.8 Å². The summed E-state index contributed by atoms with van der Waals surface area (Å²) in [6, 6.07) is 13.2. The predicted molar refractivity (Wildman–Crippen MR) is 87.2 cm³/mol. The Bertz CT molecular complexity index is 861. The summed E-state index contributed by atoms with van der Waals surface area (Å²) < 4.78 is 28.6. The van der Waals surface area contributed by atoms with Crippen LogP contribution in [0.5, 0.6) is 0 Å². The van der Waals surface area contributed by atoms with Crippen LogP contribution in [-0.4, -0.2) is 27.4 Å². The highest BCUT2D eigenvalue weighted by Gasteiger charge is 2.18. The molecule has 2 N–H and O–H groups in total. The number of nitrogens with one attached hydrogen (secondary N) is 1. The van der Waals surface area contributed by atoms with Crippen LogP contribution in [0.3, 0.4) is 0 Å². The first-order valence-corrected chi connectivity index (χ1v) is 7.57. The second kappa shape index (κ2) is 7.23. The number of para-hydroxylation sites is 1. The number of aliphatic hydroxyl groups excluding tert-OH is 1. The lowest BCUT2D eigenvalue weighted by atomic mass is 10.1. The third kappa shape index (κ3) is 3.56. The molecular formula is C18H15F2N3O2. The SMILES string of the molecule is O=C(NC(CO)c1ccccc1)c1ccn(-c2c(F)cccc2F)n1. The largest absolute Gasteiger partial charge is 0.394 e. The van der Waals surface area contributed by atoms with Crippen molar-refractivity contribution in [1.82, 2.24) is 15.1 Å². The summed E-state index contributed by atoms with van der Waals surface area (Å²) in [4.78, 5) is 12.3. The molecule has 3 rings (SSSR count). The normalized spacial score (nSPS) is 12.0. The number of aromatic nitrogens is 2. The molecule has 0 fully saturated rings. The minimum Gasteiger partial charge on any atom is -0.394 e. The van der Waals surface area contributed by atoms with Crippen LogP contribution in [0, 0.1) is 11.6 Å². The fourth-order valence-electron chi connectivity index (χ4n) is 2.43. The number of hydrogen-bond acceptors (Lipinski definition) is 3. The van der Waals surface area contributed by atoms with E-state index in [1.54, 1.807) is 24.3 Å². The van der Waals surface area contributed by atoms with Gasteiger partial charge in [0.25, 0.3) is 5.91 Å². The Morgan fingerprint density at radius 2 is 1.76 bits per heavy atom. The maximum absolute atomic E-state index is 13.8. The standard InChI is InChI=1S/C18H15F2N3O2/c19-13-7-4-8-14(20)17(13)23-10-9-15(22-23)18(25)21-16(11-24)12-5-2-1-3-6-12/h1-10,16,24H,11H2,(H,21,25). The van der Waals surface area contributed by atoms with Crippen molar-refractivity contribution in [2.45, 2.75) is 6.04 Å². The molecule has 1 unspecified atom stereocenters. The Kier molecular flexibility index (Phi) is 4.85. The second-order valence-electron chi connectivity index (χ2n) is 5.34. The van der Waals surface area contributed by atoms with E-state index in [1.165, 1.54) is 18.3 Å². The van der Waals surface area contributed by atoms with E-state index in [0.717, 1.165) is 22.4 Å². The van der Waals surface area contributed by atoms with E-state index in [0.29, 0.717) is 0 Å². The van der Waals surface area contributed by atoms with Crippen molar-refractivity contribution in [3.63, 3.8) is 0 Å². The molecule has 0 bridgehead atoms. The molecule has 0 aliphatic rings. The average Bonchev–Trinajstić information content (AvgIpc) is 3.10. The van der Waals surface area contributed by atoms with Crippen molar-refractivity contribution in [2.24, 2.45) is 0 Å². The van der Waals surface area contributed by atoms with Crippen LogP contribution < -0.4 is 5.32 Å². The summed E-state index contributed by atoms with van der Waals surface area (Å²) in [7, 11) is 0. The Morgan fingerprint density at radius 1 is 1.08 bits per heavy atom. The van der Waals surface area contributed by atoms with Crippen LogP contribution in [0.1, 0.15) is 22.1 Å². The first-order valence-electron chi connectivity index (χ1n) is 7.57. The van der Waals surface area contributed by atoms with Gasteiger partial charge in [0.15, 0.2) is 17.3 Å². The molecule has 5 nitrogen and oxygen atoms in total. The molecule has 1 amide bonds. The van der Waals surface area contributed by atoms with Gasteiger partial charge in [0.2, 0.25) is 0 Å². The summed E-state index contributed by atoms with van der Waals surface area (Å²) in [5, 5.41) is 16.1. The molecule has 0 saturated carbocycles. The van der Waals surface area contributed by atoms with Crippen LogP contribution >= 0.6 is 0 Å². The Labute approximate surface area is 142 Å². The molecule has 1 atom stereocenters. The van der Waals surface area contributed by atoms with Crippen molar-refractivity contribution in [3.8, 4) is 5.69 Å². The summed E-state index contributed by atoms with van der Waals surface area (Å²) in [6.07, 6.45) is 1.30. The van der Waals surface area contributed by atoms with Crippen LogP contribution in [0.2, 0.25) is 0 Å². The number of hydrogen-bond donors (Lipinski definition) is 2. The first-order chi connectivity index (χ1) is 12.1. The third-order valence-electron chi connectivity index (χ3n) is 3.68. The Hall–Kier alpha value is -3.06.